The van der Waals surface area contributed by atoms with Crippen molar-refractivity contribution in [2.75, 3.05) is 13.2 Å². The predicted octanol–water partition coefficient (Wildman–Crippen LogP) is 12.4. The Kier molecular flexibility index (Phi) is 42.4. The smallest absolute Gasteiger partial charge is 0.462 e. The van der Waals surface area contributed by atoms with Crippen LogP contribution in [0.2, 0.25) is 0 Å². The van der Waals surface area contributed by atoms with Crippen LogP contribution in [0, 0.1) is 0 Å². The molecule has 0 aromatic carbocycles. The molecule has 408 valence electrons. The Labute approximate surface area is 428 Å². The maximum Gasteiger partial charge on any atom is 0.472 e. The van der Waals surface area contributed by atoms with E-state index in [0.29, 0.717) is 25.7 Å². The maximum atomic E-state index is 12.9. The molecular weight excluding hydrogens is 924 g/mol. The number of carbonyl (C=O) groups excluding carboxylic acids is 2. The normalized spacial score (nSPS) is 21.3. The van der Waals surface area contributed by atoms with Crippen LogP contribution in [0.1, 0.15) is 206 Å². The second kappa shape index (κ2) is 45.6. The number of aliphatic hydroxyl groups is 5. The van der Waals surface area contributed by atoms with Crippen LogP contribution in [0.15, 0.2) is 85.1 Å². The van der Waals surface area contributed by atoms with Gasteiger partial charge in [-0.05, 0) is 83.5 Å². The van der Waals surface area contributed by atoms with Gasteiger partial charge in [-0.25, -0.2) is 4.57 Å². The molecule has 0 spiro atoms. The van der Waals surface area contributed by atoms with Crippen molar-refractivity contribution in [1.82, 2.24) is 0 Å². The number of rotatable bonds is 45. The monoisotopic (exact) mass is 1020 g/mol. The molecule has 1 aliphatic rings. The van der Waals surface area contributed by atoms with Crippen molar-refractivity contribution >= 4 is 19.8 Å². The van der Waals surface area contributed by atoms with E-state index in [-0.39, 0.29) is 12.8 Å². The van der Waals surface area contributed by atoms with Crippen LogP contribution in [-0.4, -0.2) is 98.3 Å². The van der Waals surface area contributed by atoms with Gasteiger partial charge in [0.1, 0.15) is 43.2 Å². The number of hydrogen-bond acceptors (Lipinski definition) is 12. The minimum Gasteiger partial charge on any atom is -0.462 e. The maximum absolute atomic E-state index is 12.9. The molecule has 6 unspecified atom stereocenters. The number of unbranched alkanes of at least 4 members (excludes halogenated alkanes) is 19. The Balaban J connectivity index is 2.45. The highest BCUT2D eigenvalue weighted by atomic mass is 31.2. The van der Waals surface area contributed by atoms with Crippen LogP contribution in [0.25, 0.3) is 0 Å². The Morgan fingerprint density at radius 1 is 0.437 bits per heavy atom. The van der Waals surface area contributed by atoms with Crippen molar-refractivity contribution in [3.63, 3.8) is 0 Å². The van der Waals surface area contributed by atoms with Gasteiger partial charge in [-0.1, -0.05) is 195 Å². The molecule has 6 N–H and O–H groups in total. The fourth-order valence-corrected chi connectivity index (χ4v) is 8.79. The largest absolute Gasteiger partial charge is 0.472 e. The fraction of sp³-hybridized carbons (Fsp3) is 0.719. The van der Waals surface area contributed by atoms with Crippen LogP contribution in [0.5, 0.6) is 0 Å². The third-order valence-electron chi connectivity index (χ3n) is 12.2. The number of phosphoric acid groups is 1. The second-order valence-electron chi connectivity index (χ2n) is 18.7. The molecule has 1 aliphatic carbocycles. The third kappa shape index (κ3) is 37.4. The summed E-state index contributed by atoms with van der Waals surface area (Å²) in [4.78, 5) is 35.8. The average Bonchev–Trinajstić information content (AvgIpc) is 3.35. The summed E-state index contributed by atoms with van der Waals surface area (Å²) in [6, 6.07) is 0. The quantitative estimate of drug-likeness (QED) is 0.0145. The lowest BCUT2D eigenvalue weighted by atomic mass is 9.85. The SMILES string of the molecule is CCCCC/C=C/C/C=C/C/C=C/C/C=C/C/C=C/CCC(=O)OC[C@H](COP(=O)(O)OC1C(O)C(O)C(O)[C@@H](O)C1O)OC(=O)CCC/C=C/CC/C=C/CCCCCCCCCCCCCCCC. The van der Waals surface area contributed by atoms with Gasteiger partial charge in [-0.2, -0.15) is 0 Å². The highest BCUT2D eigenvalue weighted by Crippen LogP contribution is 2.47. The standard InChI is InChI=1S/C57H97O13P/c1-3-5-7-9-11-13-15-17-19-21-23-24-25-26-28-30-32-34-36-38-40-42-44-46-51(59)69-49(48-68-71(65,66)70-57-55(63)53(61)52(60)54(62)56(57)64)47-67-50(58)45-43-41-39-37-35-33-31-29-27-22-20-18-16-14-12-10-8-6-4-2/h12,14,18,20,27,29-30,32-33,35,38-41,49,52-57,60-64H,3-11,13,15-17,19,21-26,28,31,34,36-37,42-48H2,1-2H3,(H,65,66)/b14-12+,20-18+,29-27+,32-30+,35-33+,40-38+,41-39+/t49-,52?,53-,54?,55?,56?,57?/m1/s1. The van der Waals surface area contributed by atoms with Gasteiger partial charge in [0.2, 0.25) is 0 Å². The first kappa shape index (κ1) is 66.0. The number of aliphatic hydroxyl groups excluding tert-OH is 5. The van der Waals surface area contributed by atoms with E-state index in [4.69, 9.17) is 18.5 Å². The van der Waals surface area contributed by atoms with E-state index in [0.717, 1.165) is 44.9 Å². The van der Waals surface area contributed by atoms with E-state index in [1.807, 2.05) is 24.3 Å². The molecule has 0 heterocycles. The van der Waals surface area contributed by atoms with Crippen molar-refractivity contribution in [1.29, 1.82) is 0 Å². The summed E-state index contributed by atoms with van der Waals surface area (Å²) in [5.74, 6) is -1.25. The lowest BCUT2D eigenvalue weighted by molar-refractivity contribution is -0.220. The minimum absolute atomic E-state index is 0.0178. The van der Waals surface area contributed by atoms with Crippen LogP contribution in [0.3, 0.4) is 0 Å². The fourth-order valence-electron chi connectivity index (χ4n) is 7.82. The molecule has 0 radical (unpaired) electrons. The van der Waals surface area contributed by atoms with Crippen LogP contribution >= 0.6 is 7.82 Å². The highest BCUT2D eigenvalue weighted by molar-refractivity contribution is 7.47. The first-order valence-electron chi connectivity index (χ1n) is 27.4. The number of phosphoric ester groups is 1. The molecule has 1 saturated carbocycles. The molecule has 0 aliphatic heterocycles. The molecule has 1 rings (SSSR count). The lowest BCUT2D eigenvalue weighted by Gasteiger charge is -2.41. The van der Waals surface area contributed by atoms with Gasteiger partial charge in [0.25, 0.3) is 0 Å². The zero-order chi connectivity index (χ0) is 52.1. The van der Waals surface area contributed by atoms with Gasteiger partial charge in [0.05, 0.1) is 6.61 Å². The average molecular weight is 1020 g/mol. The summed E-state index contributed by atoms with van der Waals surface area (Å²) in [6.45, 7) is 3.20. The summed E-state index contributed by atoms with van der Waals surface area (Å²) < 4.78 is 33.5. The van der Waals surface area contributed by atoms with Crippen molar-refractivity contribution < 1.29 is 63.1 Å². The molecule has 0 aromatic rings. The molecule has 0 amide bonds. The van der Waals surface area contributed by atoms with Gasteiger partial charge in [0.15, 0.2) is 6.10 Å². The number of hydrogen-bond donors (Lipinski definition) is 6. The highest BCUT2D eigenvalue weighted by Gasteiger charge is 2.51. The van der Waals surface area contributed by atoms with E-state index in [1.54, 1.807) is 0 Å². The van der Waals surface area contributed by atoms with Crippen LogP contribution in [0.4, 0.5) is 0 Å². The summed E-state index contributed by atoms with van der Waals surface area (Å²) >= 11 is 0. The minimum atomic E-state index is -5.16. The van der Waals surface area contributed by atoms with Crippen molar-refractivity contribution in [3.8, 4) is 0 Å². The number of allylic oxidation sites excluding steroid dienone is 14. The predicted molar refractivity (Wildman–Crippen MR) is 285 cm³/mol. The molecular formula is C57H97O13P. The van der Waals surface area contributed by atoms with E-state index in [1.165, 1.54) is 109 Å². The van der Waals surface area contributed by atoms with Gasteiger partial charge in [0, 0.05) is 12.8 Å². The molecule has 14 heteroatoms. The van der Waals surface area contributed by atoms with Gasteiger partial charge in [-0.15, -0.1) is 0 Å². The molecule has 8 atom stereocenters. The molecule has 1 fully saturated rings. The summed E-state index contributed by atoms with van der Waals surface area (Å²) in [6.07, 6.45) is 48.0. The summed E-state index contributed by atoms with van der Waals surface area (Å²) in [5, 5.41) is 50.3. The van der Waals surface area contributed by atoms with Crippen LogP contribution < -0.4 is 0 Å². The second-order valence-corrected chi connectivity index (χ2v) is 20.1. The molecule has 0 aromatic heterocycles. The van der Waals surface area contributed by atoms with Gasteiger partial charge in [-0.3, -0.25) is 18.6 Å². The Bertz CT molecular complexity index is 1560. The van der Waals surface area contributed by atoms with E-state index in [9.17, 15) is 44.6 Å². The van der Waals surface area contributed by atoms with Crippen LogP contribution in [-0.2, 0) is 32.7 Å². The molecule has 13 nitrogen and oxygen atoms in total. The summed E-state index contributed by atoms with van der Waals surface area (Å²) in [5.41, 5.74) is 0. The Morgan fingerprint density at radius 3 is 1.30 bits per heavy atom. The van der Waals surface area contributed by atoms with E-state index in [2.05, 4.69) is 74.6 Å². The molecule has 0 bridgehead atoms. The lowest BCUT2D eigenvalue weighted by Crippen LogP contribution is -2.64. The van der Waals surface area contributed by atoms with Gasteiger partial charge >= 0.3 is 19.8 Å². The third-order valence-corrected chi connectivity index (χ3v) is 13.2. The topological polar surface area (TPSA) is 210 Å². The van der Waals surface area contributed by atoms with E-state index >= 15 is 0 Å². The van der Waals surface area contributed by atoms with Crippen molar-refractivity contribution in [2.45, 2.75) is 249 Å². The van der Waals surface area contributed by atoms with Crippen molar-refractivity contribution in [2.24, 2.45) is 0 Å². The number of ether oxygens (including phenoxy) is 2. The first-order chi connectivity index (χ1) is 34.4. The zero-order valence-electron chi connectivity index (χ0n) is 43.7. The van der Waals surface area contributed by atoms with Crippen molar-refractivity contribution in [3.05, 3.63) is 85.1 Å². The Morgan fingerprint density at radius 2 is 0.803 bits per heavy atom. The molecule has 71 heavy (non-hydrogen) atoms. The Hall–Kier alpha value is -2.97. The zero-order valence-corrected chi connectivity index (χ0v) is 44.6. The first-order valence-corrected chi connectivity index (χ1v) is 28.9. The summed E-state index contributed by atoms with van der Waals surface area (Å²) in [7, 11) is -5.16. The molecule has 0 saturated heterocycles. The number of carbonyl (C=O) groups is 2. The van der Waals surface area contributed by atoms with E-state index < -0.39 is 75.7 Å². The number of esters is 2. The van der Waals surface area contributed by atoms with Gasteiger partial charge < -0.3 is 39.9 Å².